The predicted octanol–water partition coefficient (Wildman–Crippen LogP) is 4.97. The number of halogens is 1. The van der Waals surface area contributed by atoms with Gasteiger partial charge in [0.25, 0.3) is 5.91 Å². The molecule has 0 aliphatic carbocycles. The van der Waals surface area contributed by atoms with E-state index in [4.69, 9.17) is 0 Å². The Hall–Kier alpha value is -2.71. The highest BCUT2D eigenvalue weighted by Gasteiger charge is 2.29. The summed E-state index contributed by atoms with van der Waals surface area (Å²) in [6.45, 7) is 1.30. The minimum absolute atomic E-state index is 0.0326. The molecule has 1 atom stereocenters. The molecule has 1 amide bonds. The standard InChI is InChI=1S/C21H17FN4OS2/c22-15-8-2-1-7-14(15)19-25-24-18(29-19)13-6-5-11-26(12-13)21(27)20-23-16-9-3-4-10-17(16)28-20/h1-4,7-10,13H,5-6,11-12H2. The van der Waals surface area contributed by atoms with Crippen LogP contribution in [-0.4, -0.2) is 39.1 Å². The van der Waals surface area contributed by atoms with Gasteiger partial charge in [-0.15, -0.1) is 21.5 Å². The topological polar surface area (TPSA) is 59.0 Å². The number of likely N-dealkylation sites (tertiary alicyclic amines) is 1. The Bertz CT molecular complexity index is 1160. The summed E-state index contributed by atoms with van der Waals surface area (Å²) in [5.74, 6) is -0.221. The van der Waals surface area contributed by atoms with Gasteiger partial charge in [0.15, 0.2) is 10.0 Å². The number of fused-ring (bicyclic) bond motifs is 1. The molecule has 0 N–H and O–H groups in total. The Kier molecular flexibility index (Phi) is 4.81. The third-order valence-electron chi connectivity index (χ3n) is 5.08. The van der Waals surface area contributed by atoms with Crippen LogP contribution in [0.3, 0.4) is 0 Å². The molecule has 0 radical (unpaired) electrons. The molecule has 0 saturated carbocycles. The summed E-state index contributed by atoms with van der Waals surface area (Å²) in [6.07, 6.45) is 1.84. The summed E-state index contributed by atoms with van der Waals surface area (Å²) in [4.78, 5) is 19.4. The zero-order valence-electron chi connectivity index (χ0n) is 15.4. The van der Waals surface area contributed by atoms with Gasteiger partial charge in [-0.1, -0.05) is 35.6 Å². The average Bonchev–Trinajstić information content (AvgIpc) is 3.41. The highest BCUT2D eigenvalue weighted by Crippen LogP contribution is 2.34. The van der Waals surface area contributed by atoms with E-state index < -0.39 is 0 Å². The molecule has 2 aromatic heterocycles. The lowest BCUT2D eigenvalue weighted by molar-refractivity contribution is 0.0706. The fourth-order valence-corrected chi connectivity index (χ4v) is 5.53. The van der Waals surface area contributed by atoms with Crippen LogP contribution in [0.4, 0.5) is 4.39 Å². The minimum Gasteiger partial charge on any atom is -0.336 e. The average molecular weight is 425 g/mol. The second-order valence-corrected chi connectivity index (χ2v) is 9.04. The number of piperidine rings is 1. The number of benzene rings is 2. The van der Waals surface area contributed by atoms with Crippen molar-refractivity contribution in [3.8, 4) is 10.6 Å². The highest BCUT2D eigenvalue weighted by molar-refractivity contribution is 7.20. The van der Waals surface area contributed by atoms with Crippen molar-refractivity contribution >= 4 is 38.8 Å². The molecule has 3 heterocycles. The minimum atomic E-state index is -0.300. The molecule has 0 bridgehead atoms. The van der Waals surface area contributed by atoms with Crippen LogP contribution in [0.2, 0.25) is 0 Å². The molecule has 1 aliphatic heterocycles. The van der Waals surface area contributed by atoms with E-state index >= 15 is 0 Å². The number of rotatable bonds is 3. The van der Waals surface area contributed by atoms with Gasteiger partial charge in [-0.25, -0.2) is 9.37 Å². The van der Waals surface area contributed by atoms with Crippen molar-refractivity contribution in [1.82, 2.24) is 20.1 Å². The molecule has 1 saturated heterocycles. The van der Waals surface area contributed by atoms with Crippen LogP contribution >= 0.6 is 22.7 Å². The van der Waals surface area contributed by atoms with E-state index in [0.29, 0.717) is 28.7 Å². The number of carbonyl (C=O) groups is 1. The molecule has 2 aromatic carbocycles. The van der Waals surface area contributed by atoms with E-state index in [0.717, 1.165) is 28.1 Å². The maximum absolute atomic E-state index is 14.1. The molecule has 8 heteroatoms. The Balaban J connectivity index is 1.35. The van der Waals surface area contributed by atoms with Gasteiger partial charge in [-0.2, -0.15) is 0 Å². The lowest BCUT2D eigenvalue weighted by Gasteiger charge is -2.31. The second kappa shape index (κ2) is 7.61. The number of hydrogen-bond acceptors (Lipinski definition) is 6. The molecular formula is C21H17FN4OS2. The summed E-state index contributed by atoms with van der Waals surface area (Å²) >= 11 is 2.84. The van der Waals surface area contributed by atoms with Crippen molar-refractivity contribution in [3.05, 3.63) is 64.4 Å². The summed E-state index contributed by atoms with van der Waals surface area (Å²) < 4.78 is 15.1. The summed E-state index contributed by atoms with van der Waals surface area (Å²) in [5.41, 5.74) is 1.32. The zero-order valence-corrected chi connectivity index (χ0v) is 17.0. The first kappa shape index (κ1) is 18.3. The van der Waals surface area contributed by atoms with Gasteiger partial charge in [0.05, 0.1) is 10.2 Å². The molecule has 4 aromatic rings. The van der Waals surface area contributed by atoms with Crippen molar-refractivity contribution in [2.45, 2.75) is 18.8 Å². The number of hydrogen-bond donors (Lipinski definition) is 0. The lowest BCUT2D eigenvalue weighted by Crippen LogP contribution is -2.39. The Labute approximate surface area is 174 Å². The quantitative estimate of drug-likeness (QED) is 0.466. The zero-order chi connectivity index (χ0) is 19.8. The molecule has 1 fully saturated rings. The van der Waals surface area contributed by atoms with Crippen LogP contribution < -0.4 is 0 Å². The van der Waals surface area contributed by atoms with Gasteiger partial charge in [-0.05, 0) is 37.1 Å². The molecular weight excluding hydrogens is 407 g/mol. The highest BCUT2D eigenvalue weighted by atomic mass is 32.1. The molecule has 146 valence electrons. The van der Waals surface area contributed by atoms with Crippen LogP contribution in [0.1, 0.15) is 33.6 Å². The van der Waals surface area contributed by atoms with Crippen molar-refractivity contribution in [2.75, 3.05) is 13.1 Å². The number of aromatic nitrogens is 3. The van der Waals surface area contributed by atoms with Gasteiger partial charge in [0, 0.05) is 24.6 Å². The molecule has 5 rings (SSSR count). The lowest BCUT2D eigenvalue weighted by atomic mass is 9.99. The van der Waals surface area contributed by atoms with Gasteiger partial charge in [0.1, 0.15) is 10.8 Å². The van der Waals surface area contributed by atoms with Crippen LogP contribution in [0.15, 0.2) is 48.5 Å². The second-order valence-electron chi connectivity index (χ2n) is 7.00. The van der Waals surface area contributed by atoms with Gasteiger partial charge in [-0.3, -0.25) is 4.79 Å². The van der Waals surface area contributed by atoms with Gasteiger partial charge >= 0.3 is 0 Å². The van der Waals surface area contributed by atoms with E-state index in [1.807, 2.05) is 29.2 Å². The van der Waals surface area contributed by atoms with E-state index in [1.54, 1.807) is 18.2 Å². The summed E-state index contributed by atoms with van der Waals surface area (Å²) in [7, 11) is 0. The molecule has 1 aliphatic rings. The maximum Gasteiger partial charge on any atom is 0.282 e. The first-order valence-electron chi connectivity index (χ1n) is 9.42. The summed E-state index contributed by atoms with van der Waals surface area (Å²) in [5, 5.41) is 10.5. The molecule has 1 unspecified atom stereocenters. The maximum atomic E-state index is 14.1. The normalized spacial score (nSPS) is 17.0. The number of thiazole rings is 1. The van der Waals surface area contributed by atoms with Crippen LogP contribution in [-0.2, 0) is 0 Å². The predicted molar refractivity (Wildman–Crippen MR) is 113 cm³/mol. The third kappa shape index (κ3) is 3.54. The van der Waals surface area contributed by atoms with Crippen LogP contribution in [0, 0.1) is 5.82 Å². The fraction of sp³-hybridized carbons (Fsp3) is 0.238. The van der Waals surface area contributed by atoms with Crippen molar-refractivity contribution in [1.29, 1.82) is 0 Å². The first-order chi connectivity index (χ1) is 14.2. The monoisotopic (exact) mass is 424 g/mol. The SMILES string of the molecule is O=C(c1nc2ccccc2s1)N1CCCC(c2nnc(-c3ccccc3F)s2)C1. The molecule has 0 spiro atoms. The van der Waals surface area contributed by atoms with Crippen LogP contribution in [0.25, 0.3) is 20.8 Å². The Morgan fingerprint density at radius 3 is 2.76 bits per heavy atom. The van der Waals surface area contributed by atoms with Gasteiger partial charge in [0.2, 0.25) is 0 Å². The van der Waals surface area contributed by atoms with E-state index in [-0.39, 0.29) is 17.6 Å². The first-order valence-corrected chi connectivity index (χ1v) is 11.1. The van der Waals surface area contributed by atoms with Crippen LogP contribution in [0.5, 0.6) is 0 Å². The Morgan fingerprint density at radius 1 is 1.07 bits per heavy atom. The molecule has 5 nitrogen and oxygen atoms in total. The number of nitrogens with zero attached hydrogens (tertiary/aromatic N) is 4. The number of amides is 1. The fourth-order valence-electron chi connectivity index (χ4n) is 3.61. The van der Waals surface area contributed by atoms with Crippen molar-refractivity contribution in [2.24, 2.45) is 0 Å². The van der Waals surface area contributed by atoms with Crippen molar-refractivity contribution in [3.63, 3.8) is 0 Å². The Morgan fingerprint density at radius 2 is 1.90 bits per heavy atom. The summed E-state index contributed by atoms with van der Waals surface area (Å²) in [6, 6.07) is 14.4. The number of carbonyl (C=O) groups excluding carboxylic acids is 1. The largest absolute Gasteiger partial charge is 0.336 e. The van der Waals surface area contributed by atoms with E-state index in [2.05, 4.69) is 15.2 Å². The third-order valence-corrected chi connectivity index (χ3v) is 7.22. The number of para-hydroxylation sites is 1. The molecule has 29 heavy (non-hydrogen) atoms. The van der Waals surface area contributed by atoms with E-state index in [9.17, 15) is 9.18 Å². The van der Waals surface area contributed by atoms with Gasteiger partial charge < -0.3 is 4.90 Å². The smallest absolute Gasteiger partial charge is 0.282 e. The van der Waals surface area contributed by atoms with Crippen molar-refractivity contribution < 1.29 is 9.18 Å². The van der Waals surface area contributed by atoms with E-state index in [1.165, 1.54) is 28.7 Å².